The summed E-state index contributed by atoms with van der Waals surface area (Å²) in [6.45, 7) is 0.682. The van der Waals surface area contributed by atoms with Gasteiger partial charge in [0.1, 0.15) is 16.2 Å². The first-order chi connectivity index (χ1) is 13.7. The first-order valence-corrected chi connectivity index (χ1v) is 9.90. The van der Waals surface area contributed by atoms with Crippen molar-refractivity contribution in [3.8, 4) is 11.3 Å². The summed E-state index contributed by atoms with van der Waals surface area (Å²) in [5.74, 6) is 0.876. The fraction of sp³-hybridized carbons (Fsp3) is 0.300. The highest BCUT2D eigenvalue weighted by atomic mass is 32.1. The van der Waals surface area contributed by atoms with E-state index in [1.165, 1.54) is 11.3 Å². The van der Waals surface area contributed by atoms with Crippen LogP contribution in [0.2, 0.25) is 0 Å². The summed E-state index contributed by atoms with van der Waals surface area (Å²) in [5.41, 5.74) is 2.66. The molecule has 1 unspecified atom stereocenters. The van der Waals surface area contributed by atoms with E-state index in [9.17, 15) is 0 Å². The number of fused-ring (bicyclic) bond motifs is 1. The van der Waals surface area contributed by atoms with Crippen LogP contribution in [-0.2, 0) is 4.74 Å². The third kappa shape index (κ3) is 3.94. The zero-order valence-corrected chi connectivity index (χ0v) is 16.7. The Morgan fingerprint density at radius 2 is 2.04 bits per heavy atom. The summed E-state index contributed by atoms with van der Waals surface area (Å²) in [5, 5.41) is 7.56. The number of rotatable bonds is 6. The molecule has 0 aliphatic carbocycles. The molecule has 0 amide bonds. The molecule has 4 heterocycles. The fourth-order valence-corrected chi connectivity index (χ4v) is 4.04. The third-order valence-corrected chi connectivity index (χ3v) is 5.72. The van der Waals surface area contributed by atoms with E-state index >= 15 is 0 Å². The molecule has 0 spiro atoms. The molecule has 3 aromatic rings. The van der Waals surface area contributed by atoms with E-state index in [1.807, 2.05) is 37.5 Å². The van der Waals surface area contributed by atoms with Crippen LogP contribution in [0.15, 0.2) is 53.9 Å². The predicted octanol–water partition coefficient (Wildman–Crippen LogP) is 3.48. The van der Waals surface area contributed by atoms with E-state index in [1.54, 1.807) is 19.5 Å². The molecule has 8 heteroatoms. The zero-order chi connectivity index (χ0) is 19.4. The molecule has 0 bridgehead atoms. The number of methoxy groups -OCH3 is 1. The molecule has 1 atom stereocenters. The summed E-state index contributed by atoms with van der Waals surface area (Å²) >= 11 is 1.53. The molecule has 4 rings (SSSR count). The van der Waals surface area contributed by atoms with Gasteiger partial charge in [-0.1, -0.05) is 11.3 Å². The lowest BCUT2D eigenvalue weighted by Gasteiger charge is -2.32. The van der Waals surface area contributed by atoms with Gasteiger partial charge in [-0.25, -0.2) is 15.0 Å². The lowest BCUT2D eigenvalue weighted by molar-refractivity contribution is 0.171. The minimum absolute atomic E-state index is 0.163. The van der Waals surface area contributed by atoms with Crippen molar-refractivity contribution in [1.29, 1.82) is 0 Å². The van der Waals surface area contributed by atoms with E-state index in [0.717, 1.165) is 45.4 Å². The Bertz CT molecular complexity index is 1020. The van der Waals surface area contributed by atoms with Crippen LogP contribution >= 0.6 is 11.3 Å². The van der Waals surface area contributed by atoms with E-state index in [4.69, 9.17) is 9.72 Å². The van der Waals surface area contributed by atoms with Gasteiger partial charge in [0.15, 0.2) is 5.13 Å². The normalized spacial score (nSPS) is 19.0. The second kappa shape index (κ2) is 8.14. The smallest absolute Gasteiger partial charge is 0.190 e. The average molecular weight is 395 g/mol. The molecule has 1 aliphatic heterocycles. The highest BCUT2D eigenvalue weighted by molar-refractivity contribution is 7.22. The molecule has 0 radical (unpaired) electrons. The number of nitrogens with one attached hydrogen (secondary N) is 2. The van der Waals surface area contributed by atoms with Gasteiger partial charge in [-0.15, -0.1) is 0 Å². The van der Waals surface area contributed by atoms with Crippen molar-refractivity contribution in [2.24, 2.45) is 4.99 Å². The molecule has 1 aliphatic rings. The first kappa shape index (κ1) is 18.7. The molecule has 3 aromatic heterocycles. The highest BCUT2D eigenvalue weighted by Crippen LogP contribution is 2.29. The summed E-state index contributed by atoms with van der Waals surface area (Å²) in [6.07, 6.45) is 9.09. The number of pyridine rings is 2. The Kier molecular flexibility index (Phi) is 5.43. The lowest BCUT2D eigenvalue weighted by atomic mass is 9.89. The Balaban J connectivity index is 1.54. The van der Waals surface area contributed by atoms with Crippen molar-refractivity contribution in [3.05, 3.63) is 48.9 Å². The molecule has 0 saturated carbocycles. The topological polar surface area (TPSA) is 84.3 Å². The Labute approximate surface area is 167 Å². The summed E-state index contributed by atoms with van der Waals surface area (Å²) < 4.78 is 5.26. The van der Waals surface area contributed by atoms with Crippen molar-refractivity contribution >= 4 is 32.7 Å². The monoisotopic (exact) mass is 394 g/mol. The number of aromatic nitrogens is 3. The van der Waals surface area contributed by atoms with Gasteiger partial charge in [-0.2, -0.15) is 0 Å². The average Bonchev–Trinajstić information content (AvgIpc) is 3.14. The molecule has 28 heavy (non-hydrogen) atoms. The maximum Gasteiger partial charge on any atom is 0.190 e. The Morgan fingerprint density at radius 1 is 1.18 bits per heavy atom. The fourth-order valence-electron chi connectivity index (χ4n) is 3.18. The van der Waals surface area contributed by atoms with Crippen molar-refractivity contribution in [3.63, 3.8) is 0 Å². The van der Waals surface area contributed by atoms with Crippen LogP contribution < -0.4 is 10.6 Å². The maximum absolute atomic E-state index is 5.26. The van der Waals surface area contributed by atoms with Gasteiger partial charge >= 0.3 is 0 Å². The van der Waals surface area contributed by atoms with E-state index in [0.29, 0.717) is 6.61 Å². The van der Waals surface area contributed by atoms with Crippen LogP contribution in [0.5, 0.6) is 0 Å². The molecule has 0 aromatic carbocycles. The van der Waals surface area contributed by atoms with Gasteiger partial charge in [0.2, 0.25) is 0 Å². The van der Waals surface area contributed by atoms with Crippen molar-refractivity contribution in [1.82, 2.24) is 20.3 Å². The molecule has 2 N–H and O–H groups in total. The minimum atomic E-state index is -0.163. The lowest BCUT2D eigenvalue weighted by Crippen LogP contribution is -2.46. The second-order valence-corrected chi connectivity index (χ2v) is 7.60. The van der Waals surface area contributed by atoms with Gasteiger partial charge < -0.3 is 15.4 Å². The van der Waals surface area contributed by atoms with E-state index in [-0.39, 0.29) is 5.54 Å². The highest BCUT2D eigenvalue weighted by Gasteiger charge is 2.29. The molecule has 7 nitrogen and oxygen atoms in total. The number of likely N-dealkylation sites (N-methyl/N-ethyl adjacent to an activating group) is 1. The van der Waals surface area contributed by atoms with Gasteiger partial charge in [-0.05, 0) is 43.8 Å². The number of hydrogen-bond donors (Lipinski definition) is 2. The van der Waals surface area contributed by atoms with Crippen LogP contribution in [0, 0.1) is 0 Å². The maximum atomic E-state index is 5.26. The number of anilines is 1. The van der Waals surface area contributed by atoms with Crippen LogP contribution in [-0.4, -0.2) is 47.1 Å². The van der Waals surface area contributed by atoms with Gasteiger partial charge in [0.25, 0.3) is 0 Å². The van der Waals surface area contributed by atoms with E-state index in [2.05, 4.69) is 31.7 Å². The Hall–Kier alpha value is -2.68. The number of amidine groups is 1. The number of thiazole rings is 1. The van der Waals surface area contributed by atoms with Crippen LogP contribution in [0.3, 0.4) is 0 Å². The van der Waals surface area contributed by atoms with Crippen LogP contribution in [0.25, 0.3) is 21.6 Å². The predicted molar refractivity (Wildman–Crippen MR) is 114 cm³/mol. The SMILES string of the molecule is CNC1(CCOC)C=CN=C(Nc2nc3ccc(-c4ccncc4)nc3s2)C1. The number of nitrogens with zero attached hydrogens (tertiary/aromatic N) is 4. The first-order valence-electron chi connectivity index (χ1n) is 9.09. The number of hydrogen-bond acceptors (Lipinski definition) is 8. The molecule has 0 fully saturated rings. The van der Waals surface area contributed by atoms with Crippen molar-refractivity contribution < 1.29 is 4.74 Å². The molecule has 0 saturated heterocycles. The summed E-state index contributed by atoms with van der Waals surface area (Å²) in [6, 6.07) is 7.89. The molecular formula is C20H22N6OS. The standard InChI is InChI=1S/C20H22N6OS/c1-21-20(8-12-27-2)7-11-23-17(13-20)26-19-25-16-4-3-15(24-18(16)28-19)14-5-9-22-10-6-14/h3-7,9-11,21H,8,12-13H2,1-2H3,(H,23,25,26). The van der Waals surface area contributed by atoms with Gasteiger partial charge in [-0.3, -0.25) is 4.98 Å². The van der Waals surface area contributed by atoms with Gasteiger partial charge in [0, 0.05) is 49.8 Å². The van der Waals surface area contributed by atoms with Crippen LogP contribution in [0.1, 0.15) is 12.8 Å². The van der Waals surface area contributed by atoms with Gasteiger partial charge in [0.05, 0.1) is 5.69 Å². The van der Waals surface area contributed by atoms with Crippen LogP contribution in [0.4, 0.5) is 5.13 Å². The zero-order valence-electron chi connectivity index (χ0n) is 15.8. The van der Waals surface area contributed by atoms with E-state index < -0.39 is 0 Å². The van der Waals surface area contributed by atoms with Crippen molar-refractivity contribution in [2.75, 3.05) is 26.1 Å². The summed E-state index contributed by atoms with van der Waals surface area (Å²) in [7, 11) is 3.68. The minimum Gasteiger partial charge on any atom is -0.385 e. The molecular weight excluding hydrogens is 372 g/mol. The number of aliphatic imine (C=N–C) groups is 1. The third-order valence-electron chi connectivity index (χ3n) is 4.84. The largest absolute Gasteiger partial charge is 0.385 e. The quantitative estimate of drug-likeness (QED) is 0.666. The van der Waals surface area contributed by atoms with Crippen molar-refractivity contribution in [2.45, 2.75) is 18.4 Å². The second-order valence-electron chi connectivity index (χ2n) is 6.62. The Morgan fingerprint density at radius 3 is 2.82 bits per heavy atom. The summed E-state index contributed by atoms with van der Waals surface area (Å²) in [4.78, 5) is 18.9. The molecule has 144 valence electrons. The number of ether oxygens (including phenoxy) is 1.